The van der Waals surface area contributed by atoms with Crippen molar-refractivity contribution in [1.82, 2.24) is 4.98 Å². The number of hydrogen-bond donors (Lipinski definition) is 2. The maximum Gasteiger partial charge on any atom is 0.257 e. The standard InChI is InChI=1S/C14H12FN3O2S/c15-8-3-1-7(2-4-8)13(20)18-14-17-11-9(12(16)19)5-6-10(11)21-14/h1-4,9H,5-6H2,(H2,16,19)(H,17,18,20). The molecule has 0 fully saturated rings. The van der Waals surface area contributed by atoms with Crippen molar-refractivity contribution >= 4 is 28.3 Å². The molecule has 0 spiro atoms. The van der Waals surface area contributed by atoms with Gasteiger partial charge in [0.2, 0.25) is 5.91 Å². The Labute approximate surface area is 124 Å². The summed E-state index contributed by atoms with van der Waals surface area (Å²) >= 11 is 1.34. The lowest BCUT2D eigenvalue weighted by molar-refractivity contribution is -0.119. The Hall–Kier alpha value is -2.28. The van der Waals surface area contributed by atoms with Crippen LogP contribution < -0.4 is 11.1 Å². The maximum absolute atomic E-state index is 12.8. The second-order valence-electron chi connectivity index (χ2n) is 4.78. The quantitative estimate of drug-likeness (QED) is 0.910. The number of amides is 2. The zero-order valence-electron chi connectivity index (χ0n) is 10.9. The first-order valence-electron chi connectivity index (χ1n) is 6.40. The molecule has 0 saturated heterocycles. The number of rotatable bonds is 3. The van der Waals surface area contributed by atoms with Crippen molar-refractivity contribution in [2.45, 2.75) is 18.8 Å². The van der Waals surface area contributed by atoms with E-state index in [1.54, 1.807) is 0 Å². The molecule has 0 aliphatic heterocycles. The van der Waals surface area contributed by atoms with E-state index in [0.717, 1.165) is 11.3 Å². The number of aromatic nitrogens is 1. The van der Waals surface area contributed by atoms with E-state index in [1.165, 1.54) is 35.6 Å². The normalized spacial score (nSPS) is 16.5. The molecule has 3 rings (SSSR count). The number of thiazole rings is 1. The van der Waals surface area contributed by atoms with Crippen LogP contribution in [0, 0.1) is 5.82 Å². The number of aryl methyl sites for hydroxylation is 1. The minimum absolute atomic E-state index is 0.346. The monoisotopic (exact) mass is 305 g/mol. The van der Waals surface area contributed by atoms with Gasteiger partial charge in [0.25, 0.3) is 5.91 Å². The van der Waals surface area contributed by atoms with Gasteiger partial charge in [-0.05, 0) is 37.1 Å². The molecule has 1 aliphatic carbocycles. The largest absolute Gasteiger partial charge is 0.369 e. The predicted molar refractivity (Wildman–Crippen MR) is 76.7 cm³/mol. The number of hydrogen-bond acceptors (Lipinski definition) is 4. The van der Waals surface area contributed by atoms with Gasteiger partial charge in [0.05, 0.1) is 11.6 Å². The Balaban J connectivity index is 1.77. The summed E-state index contributed by atoms with van der Waals surface area (Å²) in [4.78, 5) is 28.6. The molecule has 1 aliphatic rings. The molecule has 2 aromatic rings. The van der Waals surface area contributed by atoms with Crippen LogP contribution in [0.4, 0.5) is 9.52 Å². The number of benzene rings is 1. The lowest BCUT2D eigenvalue weighted by Gasteiger charge is -2.04. The van der Waals surface area contributed by atoms with Crippen LogP contribution in [-0.4, -0.2) is 16.8 Å². The molecule has 0 saturated carbocycles. The lowest BCUT2D eigenvalue weighted by atomic mass is 10.1. The van der Waals surface area contributed by atoms with Crippen LogP contribution in [0.2, 0.25) is 0 Å². The molecule has 2 amide bonds. The highest BCUT2D eigenvalue weighted by Gasteiger charge is 2.31. The average Bonchev–Trinajstić information content (AvgIpc) is 2.98. The van der Waals surface area contributed by atoms with E-state index in [0.29, 0.717) is 22.8 Å². The van der Waals surface area contributed by atoms with Gasteiger partial charge >= 0.3 is 0 Å². The van der Waals surface area contributed by atoms with Crippen molar-refractivity contribution in [2.75, 3.05) is 5.32 Å². The average molecular weight is 305 g/mol. The topological polar surface area (TPSA) is 85.1 Å². The zero-order valence-corrected chi connectivity index (χ0v) is 11.7. The molecular formula is C14H12FN3O2S. The van der Waals surface area contributed by atoms with Crippen molar-refractivity contribution in [2.24, 2.45) is 5.73 Å². The molecule has 3 N–H and O–H groups in total. The Morgan fingerprint density at radius 1 is 1.33 bits per heavy atom. The molecule has 1 unspecified atom stereocenters. The highest BCUT2D eigenvalue weighted by molar-refractivity contribution is 7.16. The molecule has 21 heavy (non-hydrogen) atoms. The Morgan fingerprint density at radius 2 is 2.05 bits per heavy atom. The van der Waals surface area contributed by atoms with Crippen LogP contribution in [-0.2, 0) is 11.2 Å². The van der Waals surface area contributed by atoms with Gasteiger partial charge in [-0.2, -0.15) is 0 Å². The highest BCUT2D eigenvalue weighted by Crippen LogP contribution is 2.38. The van der Waals surface area contributed by atoms with Crippen molar-refractivity contribution in [3.05, 3.63) is 46.2 Å². The van der Waals surface area contributed by atoms with Crippen LogP contribution >= 0.6 is 11.3 Å². The molecule has 1 heterocycles. The summed E-state index contributed by atoms with van der Waals surface area (Å²) in [6, 6.07) is 5.25. The summed E-state index contributed by atoms with van der Waals surface area (Å²) in [6.45, 7) is 0. The van der Waals surface area contributed by atoms with Crippen LogP contribution in [0.15, 0.2) is 24.3 Å². The molecule has 7 heteroatoms. The van der Waals surface area contributed by atoms with Crippen molar-refractivity contribution in [1.29, 1.82) is 0 Å². The van der Waals surface area contributed by atoms with E-state index >= 15 is 0 Å². The Kier molecular flexibility index (Phi) is 3.42. The smallest absolute Gasteiger partial charge is 0.257 e. The van der Waals surface area contributed by atoms with Crippen molar-refractivity contribution in [3.63, 3.8) is 0 Å². The first-order valence-corrected chi connectivity index (χ1v) is 7.22. The molecule has 1 aromatic heterocycles. The summed E-state index contributed by atoms with van der Waals surface area (Å²) in [5.41, 5.74) is 6.35. The second kappa shape index (κ2) is 5.25. The number of fused-ring (bicyclic) bond motifs is 1. The first-order chi connectivity index (χ1) is 10.0. The van der Waals surface area contributed by atoms with E-state index in [-0.39, 0.29) is 11.8 Å². The highest BCUT2D eigenvalue weighted by atomic mass is 32.1. The number of carbonyl (C=O) groups is 2. The third-order valence-electron chi connectivity index (χ3n) is 3.39. The number of nitrogens with two attached hydrogens (primary N) is 1. The lowest BCUT2D eigenvalue weighted by Crippen LogP contribution is -2.20. The van der Waals surface area contributed by atoms with Crippen molar-refractivity contribution < 1.29 is 14.0 Å². The summed E-state index contributed by atoms with van der Waals surface area (Å²) in [7, 11) is 0. The molecule has 0 bridgehead atoms. The Morgan fingerprint density at radius 3 is 2.71 bits per heavy atom. The van der Waals surface area contributed by atoms with E-state index in [9.17, 15) is 14.0 Å². The summed E-state index contributed by atoms with van der Waals surface area (Å²) in [5.74, 6) is -1.52. The minimum Gasteiger partial charge on any atom is -0.369 e. The summed E-state index contributed by atoms with van der Waals surface area (Å²) in [6.07, 6.45) is 1.42. The van der Waals surface area contributed by atoms with Gasteiger partial charge in [-0.3, -0.25) is 14.9 Å². The number of carbonyl (C=O) groups excluding carboxylic acids is 2. The molecule has 108 valence electrons. The molecule has 0 radical (unpaired) electrons. The third kappa shape index (κ3) is 2.64. The van der Waals surface area contributed by atoms with Crippen molar-refractivity contribution in [3.8, 4) is 0 Å². The van der Waals surface area contributed by atoms with E-state index in [1.807, 2.05) is 0 Å². The fourth-order valence-corrected chi connectivity index (χ4v) is 3.36. The number of anilines is 1. The van der Waals surface area contributed by atoms with E-state index < -0.39 is 11.7 Å². The number of primary amides is 1. The second-order valence-corrected chi connectivity index (χ2v) is 5.87. The summed E-state index contributed by atoms with van der Waals surface area (Å²) in [5, 5.41) is 3.09. The maximum atomic E-state index is 12.8. The third-order valence-corrected chi connectivity index (χ3v) is 4.43. The predicted octanol–water partition coefficient (Wildman–Crippen LogP) is 2.05. The first kappa shape index (κ1) is 13.7. The Bertz CT molecular complexity index is 712. The van der Waals surface area contributed by atoms with Crippen LogP contribution in [0.3, 0.4) is 0 Å². The van der Waals surface area contributed by atoms with Crippen LogP contribution in [0.5, 0.6) is 0 Å². The van der Waals surface area contributed by atoms with Crippen LogP contribution in [0.25, 0.3) is 0 Å². The fraction of sp³-hybridized carbons (Fsp3) is 0.214. The molecule has 1 aromatic carbocycles. The zero-order chi connectivity index (χ0) is 15.0. The van der Waals surface area contributed by atoms with E-state index in [2.05, 4.69) is 10.3 Å². The van der Waals surface area contributed by atoms with Gasteiger partial charge in [0.1, 0.15) is 5.82 Å². The number of halogens is 1. The number of nitrogens with zero attached hydrogens (tertiary/aromatic N) is 1. The van der Waals surface area contributed by atoms with Gasteiger partial charge in [0, 0.05) is 10.4 Å². The van der Waals surface area contributed by atoms with Gasteiger partial charge < -0.3 is 5.73 Å². The van der Waals surface area contributed by atoms with Gasteiger partial charge in [-0.15, -0.1) is 11.3 Å². The minimum atomic E-state index is -0.399. The van der Waals surface area contributed by atoms with Gasteiger partial charge in [0.15, 0.2) is 5.13 Å². The fourth-order valence-electron chi connectivity index (χ4n) is 2.33. The van der Waals surface area contributed by atoms with Crippen LogP contribution in [0.1, 0.15) is 33.3 Å². The number of nitrogens with one attached hydrogen (secondary N) is 1. The SMILES string of the molecule is NC(=O)C1CCc2sc(NC(=O)c3ccc(F)cc3)nc21. The molecular weight excluding hydrogens is 293 g/mol. The molecule has 1 atom stereocenters. The van der Waals surface area contributed by atoms with Gasteiger partial charge in [-0.25, -0.2) is 9.37 Å². The van der Waals surface area contributed by atoms with Gasteiger partial charge in [-0.1, -0.05) is 0 Å². The summed E-state index contributed by atoms with van der Waals surface area (Å²) < 4.78 is 12.8. The van der Waals surface area contributed by atoms with E-state index in [4.69, 9.17) is 5.73 Å². The molecule has 5 nitrogen and oxygen atoms in total.